The number of para-hydroxylation sites is 2. The molecule has 2 aliphatic heterocycles. The van der Waals surface area contributed by atoms with E-state index in [2.05, 4.69) is 26.4 Å². The molecule has 0 saturated carbocycles. The Bertz CT molecular complexity index is 948. The van der Waals surface area contributed by atoms with Gasteiger partial charge in [0.1, 0.15) is 12.3 Å². The summed E-state index contributed by atoms with van der Waals surface area (Å²) < 4.78 is 7.23. The first kappa shape index (κ1) is 24.1. The van der Waals surface area contributed by atoms with Crippen LogP contribution in [0.2, 0.25) is 0 Å². The molecule has 32 heavy (non-hydrogen) atoms. The van der Waals surface area contributed by atoms with Crippen LogP contribution < -0.4 is 19.9 Å². The Hall–Kier alpha value is -2.50. The van der Waals surface area contributed by atoms with Crippen molar-refractivity contribution in [2.24, 2.45) is 18.0 Å². The van der Waals surface area contributed by atoms with Gasteiger partial charge in [0.2, 0.25) is 5.91 Å². The molecule has 2 aliphatic rings. The van der Waals surface area contributed by atoms with Crippen molar-refractivity contribution in [1.82, 2.24) is 20.0 Å². The monoisotopic (exact) mass is 553 g/mol. The molecule has 1 aromatic heterocycles. The largest absolute Gasteiger partial charge is 0.495 e. The highest BCUT2D eigenvalue weighted by molar-refractivity contribution is 14.0. The van der Waals surface area contributed by atoms with E-state index in [0.29, 0.717) is 19.0 Å². The van der Waals surface area contributed by atoms with Gasteiger partial charge in [0.25, 0.3) is 0 Å². The predicted molar refractivity (Wildman–Crippen MR) is 137 cm³/mol. The van der Waals surface area contributed by atoms with E-state index in [1.807, 2.05) is 36.3 Å². The molecule has 10 heteroatoms. The maximum Gasteiger partial charge on any atom is 0.246 e. The summed E-state index contributed by atoms with van der Waals surface area (Å²) in [5.41, 5.74) is 1.99. The van der Waals surface area contributed by atoms with Gasteiger partial charge in [0, 0.05) is 53.0 Å². The fraction of sp³-hybridized carbons (Fsp3) is 0.500. The number of methoxy groups -OCH3 is 1. The van der Waals surface area contributed by atoms with Crippen LogP contribution in [-0.2, 0) is 11.8 Å². The van der Waals surface area contributed by atoms with E-state index in [1.165, 1.54) is 0 Å². The maximum absolute atomic E-state index is 12.7. The van der Waals surface area contributed by atoms with Gasteiger partial charge in [-0.05, 0) is 24.5 Å². The minimum Gasteiger partial charge on any atom is -0.495 e. The molecule has 1 amide bonds. The van der Waals surface area contributed by atoms with Gasteiger partial charge < -0.3 is 24.8 Å². The molecular formula is C22H32IN7O2. The van der Waals surface area contributed by atoms with E-state index >= 15 is 0 Å². The van der Waals surface area contributed by atoms with Crippen LogP contribution in [0.5, 0.6) is 5.75 Å². The van der Waals surface area contributed by atoms with Crippen LogP contribution in [0.1, 0.15) is 6.42 Å². The maximum atomic E-state index is 12.7. The van der Waals surface area contributed by atoms with Crippen LogP contribution >= 0.6 is 24.0 Å². The molecular weight excluding hydrogens is 521 g/mol. The topological polar surface area (TPSA) is 78.2 Å². The van der Waals surface area contributed by atoms with Crippen LogP contribution in [0.4, 0.5) is 11.4 Å². The van der Waals surface area contributed by atoms with Crippen molar-refractivity contribution in [2.45, 2.75) is 6.42 Å². The Balaban J connectivity index is 0.00000289. The first-order valence-corrected chi connectivity index (χ1v) is 10.7. The SMILES string of the molecule is CN=C(NCC1CCN(c2ccccc2OC)C1)N1CCN(c2cnn(C)c2)C(=O)C1.I. The zero-order valence-corrected chi connectivity index (χ0v) is 21.2. The second kappa shape index (κ2) is 10.9. The number of amides is 1. The molecule has 0 aliphatic carbocycles. The van der Waals surface area contributed by atoms with E-state index in [0.717, 1.165) is 55.7 Å². The van der Waals surface area contributed by atoms with Gasteiger partial charge in [-0.1, -0.05) is 12.1 Å². The van der Waals surface area contributed by atoms with Gasteiger partial charge in [-0.2, -0.15) is 5.10 Å². The number of guanidine groups is 1. The van der Waals surface area contributed by atoms with Gasteiger partial charge in [-0.15, -0.1) is 24.0 Å². The van der Waals surface area contributed by atoms with E-state index < -0.39 is 0 Å². The minimum atomic E-state index is 0. The standard InChI is InChI=1S/C22H31N7O2.HI/c1-23-22(28-10-11-29(21(30)16-28)18-13-25-26(2)15-18)24-12-17-8-9-27(14-17)19-6-4-5-7-20(19)31-3;/h4-7,13,15,17H,8-12,14,16H2,1-3H3,(H,23,24);1H. The highest BCUT2D eigenvalue weighted by Gasteiger charge is 2.29. The number of ether oxygens (including phenoxy) is 1. The molecule has 174 valence electrons. The van der Waals surface area contributed by atoms with Crippen molar-refractivity contribution in [3.8, 4) is 5.75 Å². The molecule has 2 saturated heterocycles. The Morgan fingerprint density at radius 2 is 2.09 bits per heavy atom. The number of halogens is 1. The number of carbonyl (C=O) groups is 1. The number of aromatic nitrogens is 2. The van der Waals surface area contributed by atoms with Crippen LogP contribution in [0.15, 0.2) is 41.7 Å². The van der Waals surface area contributed by atoms with Crippen LogP contribution in [0, 0.1) is 5.92 Å². The number of hydrogen-bond donors (Lipinski definition) is 1. The second-order valence-corrected chi connectivity index (χ2v) is 8.04. The van der Waals surface area contributed by atoms with E-state index in [9.17, 15) is 4.79 Å². The average molecular weight is 553 g/mol. The summed E-state index contributed by atoms with van der Waals surface area (Å²) in [6.07, 6.45) is 4.71. The summed E-state index contributed by atoms with van der Waals surface area (Å²) in [7, 11) is 5.34. The number of nitrogens with one attached hydrogen (secondary N) is 1. The molecule has 2 fully saturated rings. The Morgan fingerprint density at radius 3 is 2.78 bits per heavy atom. The normalized spacial score (nSPS) is 19.2. The summed E-state index contributed by atoms with van der Waals surface area (Å²) in [6.45, 7) is 4.47. The highest BCUT2D eigenvalue weighted by atomic mass is 127. The molecule has 1 aromatic carbocycles. The first-order chi connectivity index (χ1) is 15.1. The number of rotatable bonds is 5. The van der Waals surface area contributed by atoms with Crippen molar-refractivity contribution in [3.63, 3.8) is 0 Å². The minimum absolute atomic E-state index is 0. The number of anilines is 2. The summed E-state index contributed by atoms with van der Waals surface area (Å²) in [4.78, 5) is 23.3. The average Bonchev–Trinajstić information content (AvgIpc) is 3.43. The summed E-state index contributed by atoms with van der Waals surface area (Å²) in [5.74, 6) is 2.27. The van der Waals surface area contributed by atoms with Crippen molar-refractivity contribution >= 4 is 47.2 Å². The van der Waals surface area contributed by atoms with Crippen LogP contribution in [0.3, 0.4) is 0 Å². The molecule has 1 atom stereocenters. The molecule has 0 radical (unpaired) electrons. The first-order valence-electron chi connectivity index (χ1n) is 10.7. The number of carbonyl (C=O) groups excluding carboxylic acids is 1. The fourth-order valence-electron chi connectivity index (χ4n) is 4.35. The van der Waals surface area contributed by atoms with E-state index in [4.69, 9.17) is 4.74 Å². The third-order valence-corrected chi connectivity index (χ3v) is 6.00. The molecule has 4 rings (SSSR count). The van der Waals surface area contributed by atoms with Crippen molar-refractivity contribution in [2.75, 3.05) is 63.2 Å². The van der Waals surface area contributed by atoms with Crippen LogP contribution in [0.25, 0.3) is 0 Å². The molecule has 0 spiro atoms. The van der Waals surface area contributed by atoms with E-state index in [-0.39, 0.29) is 29.9 Å². The van der Waals surface area contributed by atoms with Crippen molar-refractivity contribution < 1.29 is 9.53 Å². The molecule has 2 aromatic rings. The van der Waals surface area contributed by atoms with E-state index in [1.54, 1.807) is 29.9 Å². The summed E-state index contributed by atoms with van der Waals surface area (Å²) in [6, 6.07) is 8.16. The predicted octanol–water partition coefficient (Wildman–Crippen LogP) is 1.80. The lowest BCUT2D eigenvalue weighted by Crippen LogP contribution is -2.55. The second-order valence-electron chi connectivity index (χ2n) is 8.04. The van der Waals surface area contributed by atoms with Gasteiger partial charge in [-0.25, -0.2) is 0 Å². The smallest absolute Gasteiger partial charge is 0.246 e. The zero-order chi connectivity index (χ0) is 21.8. The number of aryl methyl sites for hydroxylation is 1. The number of aliphatic imine (C=N–C) groups is 1. The molecule has 3 heterocycles. The third-order valence-electron chi connectivity index (χ3n) is 6.00. The van der Waals surface area contributed by atoms with Crippen molar-refractivity contribution in [3.05, 3.63) is 36.7 Å². The highest BCUT2D eigenvalue weighted by Crippen LogP contribution is 2.31. The van der Waals surface area contributed by atoms with Gasteiger partial charge in [0.15, 0.2) is 5.96 Å². The van der Waals surface area contributed by atoms with Gasteiger partial charge in [0.05, 0.1) is 24.7 Å². The summed E-state index contributed by atoms with van der Waals surface area (Å²) >= 11 is 0. The van der Waals surface area contributed by atoms with Gasteiger partial charge in [-0.3, -0.25) is 14.5 Å². The zero-order valence-electron chi connectivity index (χ0n) is 18.9. The lowest BCUT2D eigenvalue weighted by molar-refractivity contribution is -0.120. The number of hydrogen-bond acceptors (Lipinski definition) is 5. The van der Waals surface area contributed by atoms with Crippen molar-refractivity contribution in [1.29, 1.82) is 0 Å². The third kappa shape index (κ3) is 5.28. The number of nitrogens with zero attached hydrogens (tertiary/aromatic N) is 6. The molecule has 9 nitrogen and oxygen atoms in total. The quantitative estimate of drug-likeness (QED) is 0.346. The van der Waals surface area contributed by atoms with Gasteiger partial charge >= 0.3 is 0 Å². The number of piperazine rings is 1. The Labute approximate surface area is 206 Å². The lowest BCUT2D eigenvalue weighted by atomic mass is 10.1. The Morgan fingerprint density at radius 1 is 1.28 bits per heavy atom. The molecule has 0 bridgehead atoms. The number of benzene rings is 1. The molecule has 1 unspecified atom stereocenters. The summed E-state index contributed by atoms with van der Waals surface area (Å²) in [5, 5.41) is 7.66. The molecule has 1 N–H and O–H groups in total. The lowest BCUT2D eigenvalue weighted by Gasteiger charge is -2.35. The van der Waals surface area contributed by atoms with Crippen LogP contribution in [-0.4, -0.2) is 80.0 Å². The Kier molecular flexibility index (Phi) is 8.21. The fourth-order valence-corrected chi connectivity index (χ4v) is 4.35.